The van der Waals surface area contributed by atoms with Gasteiger partial charge < -0.3 is 9.88 Å². The zero-order valence-electron chi connectivity index (χ0n) is 19.3. The molecule has 1 aliphatic heterocycles. The predicted molar refractivity (Wildman–Crippen MR) is 131 cm³/mol. The van der Waals surface area contributed by atoms with Crippen molar-refractivity contribution in [2.45, 2.75) is 32.5 Å². The molecule has 1 atom stereocenters. The van der Waals surface area contributed by atoms with Crippen molar-refractivity contribution in [2.24, 2.45) is 0 Å². The van der Waals surface area contributed by atoms with Gasteiger partial charge in [-0.3, -0.25) is 14.7 Å². The Kier molecular flexibility index (Phi) is 6.44. The van der Waals surface area contributed by atoms with Crippen LogP contribution in [-0.4, -0.2) is 43.6 Å². The van der Waals surface area contributed by atoms with Gasteiger partial charge in [0, 0.05) is 45.0 Å². The lowest BCUT2D eigenvalue weighted by Crippen LogP contribution is -2.30. The maximum atomic E-state index is 12.5. The first-order chi connectivity index (χ1) is 16.7. The second-order valence-electron chi connectivity index (χ2n) is 8.65. The van der Waals surface area contributed by atoms with Crippen LogP contribution in [0.5, 0.6) is 0 Å². The summed E-state index contributed by atoms with van der Waals surface area (Å²) in [7, 11) is 0. The van der Waals surface area contributed by atoms with Gasteiger partial charge in [0.1, 0.15) is 5.82 Å². The van der Waals surface area contributed by atoms with E-state index in [1.807, 2.05) is 13.0 Å². The number of amides is 1. The molecule has 1 aliphatic rings. The van der Waals surface area contributed by atoms with Crippen LogP contribution in [0.4, 0.5) is 0 Å². The first kappa shape index (κ1) is 22.0. The zero-order valence-corrected chi connectivity index (χ0v) is 19.3. The van der Waals surface area contributed by atoms with E-state index in [0.717, 1.165) is 44.2 Å². The van der Waals surface area contributed by atoms with Crippen LogP contribution in [-0.2, 0) is 19.5 Å². The van der Waals surface area contributed by atoms with Gasteiger partial charge in [0.15, 0.2) is 5.82 Å². The van der Waals surface area contributed by atoms with Crippen LogP contribution >= 0.6 is 0 Å². The number of fused-ring (bicyclic) bond motifs is 1. The molecule has 0 aliphatic carbocycles. The standard InChI is InChI=1S/C27H28N6O/c1-20(29-27(34)24-8-5-14-28-18-24)26-31-30-25-13-15-32(16-17-33(25)26)19-21-9-11-23(12-10-21)22-6-3-2-4-7-22/h2-12,14,18,20H,13,15-17,19H2,1H3,(H,29,34). The minimum atomic E-state index is -0.244. The molecule has 5 rings (SSSR count). The Bertz CT molecular complexity index is 1240. The van der Waals surface area contributed by atoms with Gasteiger partial charge in [-0.1, -0.05) is 54.6 Å². The van der Waals surface area contributed by atoms with Crippen molar-refractivity contribution >= 4 is 5.91 Å². The van der Waals surface area contributed by atoms with Crippen LogP contribution in [0.15, 0.2) is 79.1 Å². The quantitative estimate of drug-likeness (QED) is 0.480. The van der Waals surface area contributed by atoms with Gasteiger partial charge in [-0.25, -0.2) is 0 Å². The van der Waals surface area contributed by atoms with E-state index in [2.05, 4.69) is 78.5 Å². The molecule has 172 valence electrons. The summed E-state index contributed by atoms with van der Waals surface area (Å²) in [5, 5.41) is 11.8. The minimum absolute atomic E-state index is 0.160. The number of rotatable bonds is 6. The number of benzene rings is 2. The molecule has 34 heavy (non-hydrogen) atoms. The van der Waals surface area contributed by atoms with E-state index in [1.165, 1.54) is 16.7 Å². The van der Waals surface area contributed by atoms with E-state index in [9.17, 15) is 4.79 Å². The third-order valence-corrected chi connectivity index (χ3v) is 6.27. The summed E-state index contributed by atoms with van der Waals surface area (Å²) in [4.78, 5) is 19.0. The molecule has 0 saturated heterocycles. The van der Waals surface area contributed by atoms with Gasteiger partial charge >= 0.3 is 0 Å². The summed E-state index contributed by atoms with van der Waals surface area (Å²) in [5.41, 5.74) is 4.31. The van der Waals surface area contributed by atoms with Gasteiger partial charge in [0.05, 0.1) is 11.6 Å². The fourth-order valence-electron chi connectivity index (χ4n) is 4.40. The summed E-state index contributed by atoms with van der Waals surface area (Å²) in [5.74, 6) is 1.60. The van der Waals surface area contributed by atoms with Crippen molar-refractivity contribution < 1.29 is 4.79 Å². The number of carbonyl (C=O) groups excluding carboxylic acids is 1. The largest absolute Gasteiger partial charge is 0.342 e. The molecule has 0 spiro atoms. The van der Waals surface area contributed by atoms with Crippen molar-refractivity contribution in [3.8, 4) is 11.1 Å². The minimum Gasteiger partial charge on any atom is -0.342 e. The van der Waals surface area contributed by atoms with Crippen molar-refractivity contribution in [3.63, 3.8) is 0 Å². The lowest BCUT2D eigenvalue weighted by atomic mass is 10.0. The van der Waals surface area contributed by atoms with Crippen LogP contribution in [0.2, 0.25) is 0 Å². The highest BCUT2D eigenvalue weighted by molar-refractivity contribution is 5.94. The molecule has 0 saturated carbocycles. The molecule has 4 aromatic rings. The van der Waals surface area contributed by atoms with Gasteiger partial charge in [0.2, 0.25) is 0 Å². The SMILES string of the molecule is CC(NC(=O)c1cccnc1)c1nnc2n1CCN(Cc1ccc(-c3ccccc3)cc1)CC2. The fourth-order valence-corrected chi connectivity index (χ4v) is 4.40. The Morgan fingerprint density at radius 3 is 2.50 bits per heavy atom. The highest BCUT2D eigenvalue weighted by Crippen LogP contribution is 2.21. The van der Waals surface area contributed by atoms with Crippen LogP contribution in [0, 0.1) is 0 Å². The third kappa shape index (κ3) is 4.89. The van der Waals surface area contributed by atoms with E-state index in [-0.39, 0.29) is 11.9 Å². The number of pyridine rings is 1. The molecule has 2 aromatic heterocycles. The molecule has 0 fully saturated rings. The molecule has 7 nitrogen and oxygen atoms in total. The summed E-state index contributed by atoms with van der Waals surface area (Å²) >= 11 is 0. The molecule has 1 amide bonds. The number of hydrogen-bond donors (Lipinski definition) is 1. The molecular weight excluding hydrogens is 424 g/mol. The fraction of sp³-hybridized carbons (Fsp3) is 0.259. The second kappa shape index (κ2) is 9.97. The molecule has 3 heterocycles. The van der Waals surface area contributed by atoms with Crippen LogP contribution in [0.3, 0.4) is 0 Å². The normalized spacial score (nSPS) is 14.7. The van der Waals surface area contributed by atoms with E-state index in [1.54, 1.807) is 24.5 Å². The number of carbonyl (C=O) groups is 1. The maximum Gasteiger partial charge on any atom is 0.253 e. The maximum absolute atomic E-state index is 12.5. The Balaban J connectivity index is 1.21. The second-order valence-corrected chi connectivity index (χ2v) is 8.65. The molecule has 0 bridgehead atoms. The van der Waals surface area contributed by atoms with E-state index < -0.39 is 0 Å². The lowest BCUT2D eigenvalue weighted by molar-refractivity contribution is 0.0937. The van der Waals surface area contributed by atoms with Crippen molar-refractivity contribution in [2.75, 3.05) is 13.1 Å². The molecule has 1 N–H and O–H groups in total. The Labute approximate surface area is 199 Å². The predicted octanol–water partition coefficient (Wildman–Crippen LogP) is 3.89. The Morgan fingerprint density at radius 2 is 1.74 bits per heavy atom. The first-order valence-electron chi connectivity index (χ1n) is 11.7. The van der Waals surface area contributed by atoms with E-state index >= 15 is 0 Å². The molecule has 7 heteroatoms. The first-order valence-corrected chi connectivity index (χ1v) is 11.7. The molecule has 1 unspecified atom stereocenters. The smallest absolute Gasteiger partial charge is 0.253 e. The molecule has 2 aromatic carbocycles. The van der Waals surface area contributed by atoms with Crippen molar-refractivity contribution in [1.82, 2.24) is 30.0 Å². The van der Waals surface area contributed by atoms with Gasteiger partial charge in [-0.2, -0.15) is 0 Å². The average Bonchev–Trinajstić information content (AvgIpc) is 3.20. The number of aromatic nitrogens is 4. The van der Waals surface area contributed by atoms with Crippen LogP contribution in [0.1, 0.15) is 40.5 Å². The number of nitrogens with one attached hydrogen (secondary N) is 1. The van der Waals surface area contributed by atoms with Gasteiger partial charge in [-0.05, 0) is 35.7 Å². The lowest BCUT2D eigenvalue weighted by Gasteiger charge is -2.20. The van der Waals surface area contributed by atoms with E-state index in [0.29, 0.717) is 5.56 Å². The number of hydrogen-bond acceptors (Lipinski definition) is 5. The van der Waals surface area contributed by atoms with Crippen LogP contribution in [0.25, 0.3) is 11.1 Å². The topological polar surface area (TPSA) is 75.9 Å². The van der Waals surface area contributed by atoms with E-state index in [4.69, 9.17) is 0 Å². The zero-order chi connectivity index (χ0) is 23.3. The van der Waals surface area contributed by atoms with Crippen LogP contribution < -0.4 is 5.32 Å². The average molecular weight is 453 g/mol. The molecular formula is C27H28N6O. The summed E-state index contributed by atoms with van der Waals surface area (Å²) in [6.45, 7) is 5.47. The molecule has 0 radical (unpaired) electrons. The summed E-state index contributed by atoms with van der Waals surface area (Å²) in [6.07, 6.45) is 4.05. The van der Waals surface area contributed by atoms with Crippen molar-refractivity contribution in [1.29, 1.82) is 0 Å². The monoisotopic (exact) mass is 452 g/mol. The van der Waals surface area contributed by atoms with Crippen molar-refractivity contribution in [3.05, 3.63) is 102 Å². The van der Waals surface area contributed by atoms with Gasteiger partial charge in [0.25, 0.3) is 5.91 Å². The van der Waals surface area contributed by atoms with Gasteiger partial charge in [-0.15, -0.1) is 10.2 Å². The highest BCUT2D eigenvalue weighted by atomic mass is 16.1. The Hall–Kier alpha value is -3.84. The summed E-state index contributed by atoms with van der Waals surface area (Å²) in [6, 6.07) is 22.5. The number of nitrogens with zero attached hydrogens (tertiary/aromatic N) is 5. The Morgan fingerprint density at radius 1 is 0.941 bits per heavy atom. The third-order valence-electron chi connectivity index (χ3n) is 6.27. The highest BCUT2D eigenvalue weighted by Gasteiger charge is 2.23. The summed E-state index contributed by atoms with van der Waals surface area (Å²) < 4.78 is 2.16.